The number of hydrogen-bond donors (Lipinski definition) is 1. The van der Waals surface area contributed by atoms with Gasteiger partial charge < -0.3 is 0 Å². The molecule has 0 aliphatic carbocycles. The van der Waals surface area contributed by atoms with Crippen LogP contribution in [0.4, 0.5) is 4.39 Å². The molecular formula is C12H11FN2S2. The van der Waals surface area contributed by atoms with Crippen molar-refractivity contribution < 1.29 is 4.39 Å². The number of benzene rings is 1. The topological polar surface area (TPSA) is 25.8 Å². The highest BCUT2D eigenvalue weighted by Gasteiger charge is 2.05. The molecule has 0 N–H and O–H groups in total. The van der Waals surface area contributed by atoms with Crippen molar-refractivity contribution in [3.63, 3.8) is 0 Å². The predicted molar refractivity (Wildman–Crippen MR) is 72.4 cm³/mol. The number of rotatable bonds is 3. The quantitative estimate of drug-likeness (QED) is 0.673. The zero-order valence-corrected chi connectivity index (χ0v) is 10.9. The van der Waals surface area contributed by atoms with Crippen LogP contribution in [-0.2, 0) is 0 Å². The lowest BCUT2D eigenvalue weighted by Crippen LogP contribution is -1.91. The van der Waals surface area contributed by atoms with Gasteiger partial charge in [0.25, 0.3) is 0 Å². The molecular weight excluding hydrogens is 255 g/mol. The maximum Gasteiger partial charge on any atom is 0.159 e. The Labute approximate surface area is 109 Å². The summed E-state index contributed by atoms with van der Waals surface area (Å²) in [4.78, 5) is 7.87. The summed E-state index contributed by atoms with van der Waals surface area (Å²) in [5.74, 6) is 0.106. The van der Waals surface area contributed by atoms with E-state index in [9.17, 15) is 4.39 Å². The van der Waals surface area contributed by atoms with Gasteiger partial charge in [0, 0.05) is 10.8 Å². The fourth-order valence-electron chi connectivity index (χ4n) is 1.43. The molecule has 2 nitrogen and oxygen atoms in total. The Kier molecular flexibility index (Phi) is 4.02. The molecule has 2 aromatic rings. The first-order valence-electron chi connectivity index (χ1n) is 5.09. The van der Waals surface area contributed by atoms with E-state index in [-0.39, 0.29) is 0 Å². The third-order valence-electron chi connectivity index (χ3n) is 2.42. The summed E-state index contributed by atoms with van der Waals surface area (Å²) in [6, 6.07) is 7.89. The van der Waals surface area contributed by atoms with E-state index in [0.717, 1.165) is 5.56 Å². The van der Waals surface area contributed by atoms with E-state index in [1.807, 2.05) is 24.3 Å². The average molecular weight is 266 g/mol. The lowest BCUT2D eigenvalue weighted by atomic mass is 10.1. The highest BCUT2D eigenvalue weighted by Crippen LogP contribution is 2.31. The number of aromatic nitrogens is 2. The van der Waals surface area contributed by atoms with Crippen molar-refractivity contribution >= 4 is 22.5 Å². The highest BCUT2D eigenvalue weighted by atomic mass is 33.1. The third kappa shape index (κ3) is 2.98. The zero-order chi connectivity index (χ0) is 12.3. The van der Waals surface area contributed by atoms with Crippen molar-refractivity contribution in [3.05, 3.63) is 48.0 Å². The van der Waals surface area contributed by atoms with Gasteiger partial charge in [-0.3, -0.25) is 0 Å². The van der Waals surface area contributed by atoms with Crippen LogP contribution in [0, 0.1) is 5.82 Å². The van der Waals surface area contributed by atoms with Gasteiger partial charge in [-0.2, -0.15) is 0 Å². The maximum absolute atomic E-state index is 12.7. The second-order valence-corrected chi connectivity index (χ2v) is 5.14. The molecule has 0 aliphatic heterocycles. The molecule has 2 rings (SSSR count). The fourth-order valence-corrected chi connectivity index (χ4v) is 2.07. The van der Waals surface area contributed by atoms with Crippen LogP contribution in [0.3, 0.4) is 0 Å². The van der Waals surface area contributed by atoms with Crippen LogP contribution in [-0.4, -0.2) is 9.97 Å². The summed E-state index contributed by atoms with van der Waals surface area (Å²) < 4.78 is 12.7. The van der Waals surface area contributed by atoms with E-state index >= 15 is 0 Å². The van der Waals surface area contributed by atoms with Crippen LogP contribution < -0.4 is 0 Å². The predicted octanol–water partition coefficient (Wildman–Crippen LogP) is 3.92. The van der Waals surface area contributed by atoms with Crippen molar-refractivity contribution in [2.24, 2.45) is 0 Å². The van der Waals surface area contributed by atoms with Crippen LogP contribution >= 0.6 is 22.5 Å². The van der Waals surface area contributed by atoms with Gasteiger partial charge in [-0.1, -0.05) is 35.1 Å². The van der Waals surface area contributed by atoms with E-state index in [0.29, 0.717) is 11.1 Å². The summed E-state index contributed by atoms with van der Waals surface area (Å²) in [5.41, 5.74) is 2.07. The van der Waals surface area contributed by atoms with Gasteiger partial charge in [-0.15, -0.1) is 11.7 Å². The number of nitrogens with zero attached hydrogens (tertiary/aromatic N) is 2. The lowest BCUT2D eigenvalue weighted by molar-refractivity contribution is 0.614. The molecule has 1 atom stereocenters. The molecule has 0 saturated heterocycles. The Morgan fingerprint density at radius 3 is 2.29 bits per heavy atom. The maximum atomic E-state index is 12.7. The minimum absolute atomic E-state index is 0.335. The van der Waals surface area contributed by atoms with Crippen molar-refractivity contribution in [2.75, 3.05) is 0 Å². The molecule has 1 unspecified atom stereocenters. The van der Waals surface area contributed by atoms with Crippen LogP contribution in [0.15, 0.2) is 36.7 Å². The van der Waals surface area contributed by atoms with Gasteiger partial charge in [-0.05, 0) is 12.5 Å². The molecule has 1 heterocycles. The van der Waals surface area contributed by atoms with Gasteiger partial charge in [0.15, 0.2) is 11.6 Å². The first-order chi connectivity index (χ1) is 8.20. The van der Waals surface area contributed by atoms with E-state index < -0.39 is 5.82 Å². The average Bonchev–Trinajstić information content (AvgIpc) is 2.39. The molecule has 1 aromatic heterocycles. The molecule has 0 saturated carbocycles. The summed E-state index contributed by atoms with van der Waals surface area (Å²) in [6.07, 6.45) is 2.34. The van der Waals surface area contributed by atoms with Crippen LogP contribution in [0.25, 0.3) is 11.4 Å². The SMILES string of the molecule is CC(SS)c1ccc(-c2ncc(F)cn2)cc1. The van der Waals surface area contributed by atoms with Crippen molar-refractivity contribution in [3.8, 4) is 11.4 Å². The van der Waals surface area contributed by atoms with Gasteiger partial charge in [0.05, 0.1) is 12.4 Å². The molecule has 0 bridgehead atoms. The van der Waals surface area contributed by atoms with Crippen molar-refractivity contribution in [2.45, 2.75) is 12.2 Å². The van der Waals surface area contributed by atoms with Gasteiger partial charge in [0.2, 0.25) is 0 Å². The molecule has 0 amide bonds. The number of hydrogen-bond acceptors (Lipinski definition) is 4. The molecule has 88 valence electrons. The minimum Gasteiger partial charge on any atom is -0.233 e. The number of thiol groups is 1. The summed E-state index contributed by atoms with van der Waals surface area (Å²) >= 11 is 4.18. The minimum atomic E-state index is -0.425. The first-order valence-corrected chi connectivity index (χ1v) is 7.02. The zero-order valence-electron chi connectivity index (χ0n) is 9.17. The van der Waals surface area contributed by atoms with Gasteiger partial charge in [-0.25, -0.2) is 14.4 Å². The van der Waals surface area contributed by atoms with Gasteiger partial charge in [0.1, 0.15) is 0 Å². The Hall–Kier alpha value is -1.07. The van der Waals surface area contributed by atoms with Gasteiger partial charge >= 0.3 is 0 Å². The fraction of sp³-hybridized carbons (Fsp3) is 0.167. The molecule has 17 heavy (non-hydrogen) atoms. The Balaban J connectivity index is 2.26. The molecule has 0 fully saturated rings. The lowest BCUT2D eigenvalue weighted by Gasteiger charge is -2.08. The van der Waals surface area contributed by atoms with E-state index in [1.54, 1.807) is 0 Å². The summed E-state index contributed by atoms with van der Waals surface area (Å²) in [5, 5.41) is 0.335. The number of halogens is 1. The largest absolute Gasteiger partial charge is 0.233 e. The van der Waals surface area contributed by atoms with Crippen LogP contribution in [0.2, 0.25) is 0 Å². The highest BCUT2D eigenvalue weighted by molar-refractivity contribution is 8.68. The monoisotopic (exact) mass is 266 g/mol. The van der Waals surface area contributed by atoms with E-state index in [2.05, 4.69) is 28.6 Å². The summed E-state index contributed by atoms with van der Waals surface area (Å²) in [7, 11) is 1.50. The standard InChI is InChI=1S/C12H11FN2S2/c1-8(17-16)9-2-4-10(5-3-9)12-14-6-11(13)7-15-12/h2-8,16H,1H3. The Bertz CT molecular complexity index is 485. The van der Waals surface area contributed by atoms with E-state index in [4.69, 9.17) is 0 Å². The van der Waals surface area contributed by atoms with Crippen LogP contribution in [0.5, 0.6) is 0 Å². The smallest absolute Gasteiger partial charge is 0.159 e. The normalized spacial score (nSPS) is 12.4. The third-order valence-corrected chi connectivity index (χ3v) is 3.95. The molecule has 0 radical (unpaired) electrons. The van der Waals surface area contributed by atoms with Crippen LogP contribution in [0.1, 0.15) is 17.7 Å². The first kappa shape index (κ1) is 12.4. The molecule has 0 spiro atoms. The van der Waals surface area contributed by atoms with Crippen molar-refractivity contribution in [1.29, 1.82) is 0 Å². The second-order valence-electron chi connectivity index (χ2n) is 3.59. The molecule has 1 aromatic carbocycles. The Morgan fingerprint density at radius 2 is 1.76 bits per heavy atom. The van der Waals surface area contributed by atoms with E-state index in [1.165, 1.54) is 28.8 Å². The second kappa shape index (κ2) is 5.51. The Morgan fingerprint density at radius 1 is 1.18 bits per heavy atom. The molecule has 0 aliphatic rings. The van der Waals surface area contributed by atoms with Crippen molar-refractivity contribution in [1.82, 2.24) is 9.97 Å². The summed E-state index contributed by atoms with van der Waals surface area (Å²) in [6.45, 7) is 2.08. The molecule has 5 heteroatoms.